The zero-order valence-corrected chi connectivity index (χ0v) is 12.6. The Morgan fingerprint density at radius 3 is 1.71 bits per heavy atom. The highest BCUT2D eigenvalue weighted by Crippen LogP contribution is 2.34. The Kier molecular flexibility index (Phi) is 4.22. The van der Waals surface area contributed by atoms with Crippen molar-refractivity contribution in [2.45, 2.75) is 52.5 Å². The summed E-state index contributed by atoms with van der Waals surface area (Å²) < 4.78 is 0. The average Bonchev–Trinajstić information content (AvgIpc) is 2.98. The van der Waals surface area contributed by atoms with Gasteiger partial charge in [-0.05, 0) is 25.7 Å². The van der Waals surface area contributed by atoms with Crippen LogP contribution in [0.25, 0.3) is 0 Å². The molecule has 0 radical (unpaired) electrons. The maximum Gasteiger partial charge on any atom is 0.0938 e. The Hall–Kier alpha value is -0.823. The van der Waals surface area contributed by atoms with E-state index >= 15 is 0 Å². The number of hydrogen-bond acceptors (Lipinski definition) is 0. The van der Waals surface area contributed by atoms with Crippen molar-refractivity contribution in [3.63, 3.8) is 0 Å². The van der Waals surface area contributed by atoms with E-state index in [9.17, 15) is 0 Å². The van der Waals surface area contributed by atoms with E-state index in [4.69, 9.17) is 0 Å². The normalized spacial score (nSPS) is 19.3. The molecule has 0 amide bonds. The van der Waals surface area contributed by atoms with Gasteiger partial charge in [-0.2, -0.15) is 0 Å². The third-order valence-corrected chi connectivity index (χ3v) is 7.86. The smallest absolute Gasteiger partial charge is 0.0806 e. The molecule has 0 bridgehead atoms. The molecule has 0 saturated heterocycles. The summed E-state index contributed by atoms with van der Waals surface area (Å²) in [7, 11) is -0.835. The highest BCUT2D eigenvalue weighted by atomic mass is 28.3. The van der Waals surface area contributed by atoms with Crippen LogP contribution in [0.3, 0.4) is 0 Å². The van der Waals surface area contributed by atoms with E-state index in [0.717, 1.165) is 0 Å². The van der Waals surface area contributed by atoms with Crippen molar-refractivity contribution in [2.75, 3.05) is 0 Å². The summed E-state index contributed by atoms with van der Waals surface area (Å²) in [6.07, 6.45) is 14.4. The van der Waals surface area contributed by atoms with Crippen LogP contribution in [0.15, 0.2) is 45.8 Å². The van der Waals surface area contributed by atoms with Crippen LogP contribution in [-0.4, -0.2) is 8.80 Å². The van der Waals surface area contributed by atoms with E-state index < -0.39 is 8.80 Å². The van der Waals surface area contributed by atoms with E-state index in [1.165, 1.54) is 31.7 Å². The van der Waals surface area contributed by atoms with Gasteiger partial charge in [0, 0.05) is 0 Å². The van der Waals surface area contributed by atoms with E-state index in [1.807, 2.05) is 10.4 Å². The summed E-state index contributed by atoms with van der Waals surface area (Å²) >= 11 is 0. The largest absolute Gasteiger partial charge is 0.0938 e. The van der Waals surface area contributed by atoms with Gasteiger partial charge in [-0.3, -0.25) is 0 Å². The predicted molar refractivity (Wildman–Crippen MR) is 79.8 cm³/mol. The molecule has 1 heteroatoms. The van der Waals surface area contributed by atoms with Crippen molar-refractivity contribution in [1.82, 2.24) is 0 Å². The minimum atomic E-state index is -0.835. The van der Waals surface area contributed by atoms with Gasteiger partial charge in [0.15, 0.2) is 0 Å². The second-order valence-electron chi connectivity index (χ2n) is 4.98. The lowest BCUT2D eigenvalue weighted by Crippen LogP contribution is -2.20. The summed E-state index contributed by atoms with van der Waals surface area (Å²) in [5.74, 6) is 0. The van der Waals surface area contributed by atoms with Gasteiger partial charge in [0.25, 0.3) is 0 Å². The van der Waals surface area contributed by atoms with Crippen LogP contribution < -0.4 is 0 Å². The lowest BCUT2D eigenvalue weighted by Gasteiger charge is -2.20. The van der Waals surface area contributed by atoms with Crippen molar-refractivity contribution in [2.24, 2.45) is 0 Å². The first-order valence-corrected chi connectivity index (χ1v) is 9.05. The van der Waals surface area contributed by atoms with Gasteiger partial charge in [0.05, 0.1) is 8.80 Å². The molecule has 0 aromatic heterocycles. The molecule has 0 aromatic carbocycles. The first-order chi connectivity index (χ1) is 8.31. The lowest BCUT2D eigenvalue weighted by atomic mass is 10.2. The van der Waals surface area contributed by atoms with Crippen molar-refractivity contribution in [3.05, 3.63) is 45.8 Å². The van der Waals surface area contributed by atoms with Crippen LogP contribution in [0.2, 0.25) is 6.04 Å². The van der Waals surface area contributed by atoms with Crippen LogP contribution in [0.1, 0.15) is 46.5 Å². The molecule has 92 valence electrons. The fourth-order valence-electron chi connectivity index (χ4n) is 3.26. The van der Waals surface area contributed by atoms with Crippen molar-refractivity contribution in [3.8, 4) is 0 Å². The molecule has 17 heavy (non-hydrogen) atoms. The van der Waals surface area contributed by atoms with Gasteiger partial charge in [-0.25, -0.2) is 0 Å². The molecule has 0 saturated carbocycles. The molecule has 0 spiro atoms. The zero-order chi connectivity index (χ0) is 12.3. The summed E-state index contributed by atoms with van der Waals surface area (Å²) in [5.41, 5.74) is 3.30. The molecule has 0 fully saturated rings. The van der Waals surface area contributed by atoms with E-state index in [0.29, 0.717) is 0 Å². The van der Waals surface area contributed by atoms with Crippen molar-refractivity contribution < 1.29 is 0 Å². The summed E-state index contributed by atoms with van der Waals surface area (Å²) in [6.45, 7) is 7.00. The van der Waals surface area contributed by atoms with Crippen LogP contribution in [0.5, 0.6) is 0 Å². The van der Waals surface area contributed by atoms with Gasteiger partial charge >= 0.3 is 0 Å². The number of rotatable bonds is 5. The third kappa shape index (κ3) is 2.39. The Morgan fingerprint density at radius 2 is 1.35 bits per heavy atom. The minimum Gasteiger partial charge on any atom is -0.0806 e. The molecule has 0 aliphatic heterocycles. The van der Waals surface area contributed by atoms with E-state index in [-0.39, 0.29) is 0 Å². The molecular formula is C16H24Si. The molecule has 0 N–H and O–H groups in total. The average molecular weight is 244 g/mol. The Morgan fingerprint density at radius 1 is 0.882 bits per heavy atom. The fraction of sp³-hybridized carbons (Fsp3) is 0.500. The second-order valence-corrected chi connectivity index (χ2v) is 8.30. The fourth-order valence-corrected chi connectivity index (χ4v) is 7.00. The zero-order valence-electron chi connectivity index (χ0n) is 11.4. The topological polar surface area (TPSA) is 0 Å². The summed E-state index contributed by atoms with van der Waals surface area (Å²) in [6, 6.07) is 1.39. The molecule has 2 aliphatic carbocycles. The maximum atomic E-state index is 2.40. The summed E-state index contributed by atoms with van der Waals surface area (Å²) in [5, 5.41) is 3.67. The Bertz CT molecular complexity index is 369. The third-order valence-electron chi connectivity index (χ3n) is 4.15. The van der Waals surface area contributed by atoms with Gasteiger partial charge in [-0.1, -0.05) is 72.7 Å². The van der Waals surface area contributed by atoms with Gasteiger partial charge in [0.2, 0.25) is 0 Å². The van der Waals surface area contributed by atoms with Crippen LogP contribution in [0, 0.1) is 0 Å². The minimum absolute atomic E-state index is 0.835. The first-order valence-electron chi connectivity index (χ1n) is 7.08. The Labute approximate surface area is 107 Å². The molecule has 2 rings (SSSR count). The highest BCUT2D eigenvalue weighted by molar-refractivity contribution is 6.74. The van der Waals surface area contributed by atoms with Gasteiger partial charge < -0.3 is 0 Å². The molecule has 2 aliphatic rings. The van der Waals surface area contributed by atoms with Crippen molar-refractivity contribution in [1.29, 1.82) is 0 Å². The van der Waals surface area contributed by atoms with Crippen molar-refractivity contribution >= 4 is 8.80 Å². The molecule has 0 heterocycles. The molecule has 0 aromatic rings. The van der Waals surface area contributed by atoms with Crippen LogP contribution in [-0.2, 0) is 0 Å². The molecule has 0 unspecified atom stereocenters. The van der Waals surface area contributed by atoms with Gasteiger partial charge in [-0.15, -0.1) is 0 Å². The second kappa shape index (κ2) is 5.68. The quantitative estimate of drug-likeness (QED) is 0.618. The first kappa shape index (κ1) is 12.6. The molecule has 0 atom stereocenters. The van der Waals surface area contributed by atoms with E-state index in [2.05, 4.69) is 45.1 Å². The van der Waals surface area contributed by atoms with E-state index in [1.54, 1.807) is 11.1 Å². The monoisotopic (exact) mass is 244 g/mol. The Balaban J connectivity index is 2.29. The summed E-state index contributed by atoms with van der Waals surface area (Å²) in [4.78, 5) is 0. The predicted octanol–water partition coefficient (Wildman–Crippen LogP) is 4.64. The number of allylic oxidation sites excluding steroid dienone is 8. The standard InChI is InChI=1S/C16H24Si/c1-4-13-9-7-11-15(13)17(6-3)16-12-8-10-14(16)5-2/h7-10,17H,4-6,11-12H2,1-3H3. The number of hydrogen-bond donors (Lipinski definition) is 0. The highest BCUT2D eigenvalue weighted by Gasteiger charge is 2.25. The molecular weight excluding hydrogens is 220 g/mol. The lowest BCUT2D eigenvalue weighted by molar-refractivity contribution is 1.12. The van der Waals surface area contributed by atoms with Crippen LogP contribution in [0.4, 0.5) is 0 Å². The van der Waals surface area contributed by atoms with Crippen LogP contribution >= 0.6 is 0 Å². The maximum absolute atomic E-state index is 2.40. The SMILES string of the molecule is CCC1=C([SiH](CC)C2=C(CC)C=CC2)CC=C1. The molecule has 0 nitrogen and oxygen atoms in total. The van der Waals surface area contributed by atoms with Gasteiger partial charge in [0.1, 0.15) is 0 Å².